The van der Waals surface area contributed by atoms with Crippen molar-refractivity contribution in [1.82, 2.24) is 9.80 Å². The van der Waals surface area contributed by atoms with Crippen LogP contribution in [0.25, 0.3) is 0 Å². The molecule has 0 aliphatic carbocycles. The fraction of sp³-hybridized carbons (Fsp3) is 0.917. The van der Waals surface area contributed by atoms with E-state index in [0.717, 1.165) is 13.1 Å². The molecule has 0 aromatic rings. The Balaban J connectivity index is 2.44. The van der Waals surface area contributed by atoms with Gasteiger partial charge < -0.3 is 4.74 Å². The summed E-state index contributed by atoms with van der Waals surface area (Å²) in [4.78, 5) is 16.0. The van der Waals surface area contributed by atoms with Crippen LogP contribution < -0.4 is 0 Å². The summed E-state index contributed by atoms with van der Waals surface area (Å²) in [5.74, 6) is -0.149. The fourth-order valence-electron chi connectivity index (χ4n) is 2.36. The molecule has 1 rings (SSSR count). The zero-order valence-electron chi connectivity index (χ0n) is 10.9. The van der Waals surface area contributed by atoms with Gasteiger partial charge in [0.1, 0.15) is 6.04 Å². The van der Waals surface area contributed by atoms with Crippen LogP contribution in [-0.2, 0) is 9.53 Å². The van der Waals surface area contributed by atoms with E-state index in [2.05, 4.69) is 16.7 Å². The van der Waals surface area contributed by atoms with Gasteiger partial charge in [-0.3, -0.25) is 14.6 Å². The molecular formula is C12H24N2O2. The minimum Gasteiger partial charge on any atom is -0.468 e. The Morgan fingerprint density at radius 1 is 1.62 bits per heavy atom. The zero-order chi connectivity index (χ0) is 12.1. The summed E-state index contributed by atoms with van der Waals surface area (Å²) >= 11 is 0. The molecule has 0 N–H and O–H groups in total. The van der Waals surface area contributed by atoms with Crippen molar-refractivity contribution in [2.24, 2.45) is 0 Å². The van der Waals surface area contributed by atoms with Gasteiger partial charge in [0.25, 0.3) is 0 Å². The van der Waals surface area contributed by atoms with Crippen molar-refractivity contribution in [2.75, 3.05) is 33.8 Å². The molecule has 0 saturated carbocycles. The summed E-state index contributed by atoms with van der Waals surface area (Å²) in [6.45, 7) is 7.34. The molecule has 0 bridgehead atoms. The van der Waals surface area contributed by atoms with Gasteiger partial charge in [-0.1, -0.05) is 6.92 Å². The summed E-state index contributed by atoms with van der Waals surface area (Å²) in [5, 5.41) is 0. The van der Waals surface area contributed by atoms with Crippen molar-refractivity contribution in [3.63, 3.8) is 0 Å². The van der Waals surface area contributed by atoms with Gasteiger partial charge in [-0.05, 0) is 39.9 Å². The van der Waals surface area contributed by atoms with Crippen molar-refractivity contribution < 1.29 is 9.53 Å². The Kier molecular flexibility index (Phi) is 5.22. The maximum atomic E-state index is 11.4. The summed E-state index contributed by atoms with van der Waals surface area (Å²) in [6, 6.07) is 0.450. The van der Waals surface area contributed by atoms with E-state index in [0.29, 0.717) is 6.04 Å². The molecule has 0 radical (unpaired) electrons. The van der Waals surface area contributed by atoms with Crippen LogP contribution in [0.3, 0.4) is 0 Å². The van der Waals surface area contributed by atoms with Crippen LogP contribution in [0.5, 0.6) is 0 Å². The number of hydrogen-bond acceptors (Lipinski definition) is 4. The molecule has 16 heavy (non-hydrogen) atoms. The highest BCUT2D eigenvalue weighted by Crippen LogP contribution is 2.18. The Labute approximate surface area is 98.5 Å². The Morgan fingerprint density at radius 2 is 2.31 bits per heavy atom. The maximum absolute atomic E-state index is 11.4. The number of methoxy groups -OCH3 is 1. The Morgan fingerprint density at radius 3 is 2.88 bits per heavy atom. The van der Waals surface area contributed by atoms with Crippen LogP contribution in [0.1, 0.15) is 26.7 Å². The number of carbonyl (C=O) groups excluding carboxylic acids is 1. The van der Waals surface area contributed by atoms with E-state index in [1.165, 1.54) is 26.5 Å². The van der Waals surface area contributed by atoms with E-state index >= 15 is 0 Å². The molecule has 0 spiro atoms. The average Bonchev–Trinajstić information content (AvgIpc) is 2.74. The molecule has 0 amide bonds. The van der Waals surface area contributed by atoms with E-state index in [1.807, 2.05) is 14.0 Å². The van der Waals surface area contributed by atoms with Crippen molar-refractivity contribution in [1.29, 1.82) is 0 Å². The molecule has 4 heteroatoms. The molecule has 1 aliphatic rings. The lowest BCUT2D eigenvalue weighted by atomic mass is 10.2. The molecule has 0 aromatic carbocycles. The lowest BCUT2D eigenvalue weighted by Crippen LogP contribution is -2.45. The number of ether oxygens (including phenoxy) is 1. The lowest BCUT2D eigenvalue weighted by molar-refractivity contribution is -0.146. The first-order valence-corrected chi connectivity index (χ1v) is 6.12. The van der Waals surface area contributed by atoms with E-state index in [-0.39, 0.29) is 12.0 Å². The van der Waals surface area contributed by atoms with Crippen LogP contribution in [0.2, 0.25) is 0 Å². The number of likely N-dealkylation sites (tertiary alicyclic amines) is 1. The van der Waals surface area contributed by atoms with Crippen LogP contribution in [0.4, 0.5) is 0 Å². The minimum absolute atomic E-state index is 0.149. The first-order chi connectivity index (χ1) is 7.60. The topological polar surface area (TPSA) is 32.8 Å². The van der Waals surface area contributed by atoms with Gasteiger partial charge in [0, 0.05) is 12.6 Å². The summed E-state index contributed by atoms with van der Waals surface area (Å²) in [7, 11) is 3.44. The SMILES string of the molecule is CCN1CCCC1CN(C)C(C)C(=O)OC. The number of nitrogens with zero attached hydrogens (tertiary/aromatic N) is 2. The first-order valence-electron chi connectivity index (χ1n) is 6.12. The third-order valence-electron chi connectivity index (χ3n) is 3.61. The normalized spacial score (nSPS) is 23.7. The van der Waals surface area contributed by atoms with E-state index in [1.54, 1.807) is 0 Å². The third-order valence-corrected chi connectivity index (χ3v) is 3.61. The van der Waals surface area contributed by atoms with Gasteiger partial charge in [-0.25, -0.2) is 0 Å². The number of carbonyl (C=O) groups is 1. The summed E-state index contributed by atoms with van der Waals surface area (Å²) in [5.41, 5.74) is 0. The Hall–Kier alpha value is -0.610. The van der Waals surface area contributed by atoms with Crippen LogP contribution >= 0.6 is 0 Å². The third kappa shape index (κ3) is 3.19. The number of likely N-dealkylation sites (N-methyl/N-ethyl adjacent to an activating group) is 2. The van der Waals surface area contributed by atoms with E-state index < -0.39 is 0 Å². The molecule has 1 heterocycles. The second-order valence-corrected chi connectivity index (χ2v) is 4.56. The number of rotatable bonds is 5. The molecule has 2 unspecified atom stereocenters. The average molecular weight is 228 g/mol. The van der Waals surface area contributed by atoms with Gasteiger partial charge >= 0.3 is 5.97 Å². The molecule has 94 valence electrons. The van der Waals surface area contributed by atoms with Gasteiger partial charge in [0.2, 0.25) is 0 Å². The summed E-state index contributed by atoms with van der Waals surface area (Å²) < 4.78 is 4.76. The molecule has 4 nitrogen and oxygen atoms in total. The monoisotopic (exact) mass is 228 g/mol. The minimum atomic E-state index is -0.149. The van der Waals surface area contributed by atoms with Crippen LogP contribution in [-0.4, -0.2) is 61.6 Å². The van der Waals surface area contributed by atoms with Crippen molar-refractivity contribution in [2.45, 2.75) is 38.8 Å². The fourth-order valence-corrected chi connectivity index (χ4v) is 2.36. The van der Waals surface area contributed by atoms with Crippen molar-refractivity contribution >= 4 is 5.97 Å². The highest BCUT2D eigenvalue weighted by Gasteiger charge is 2.27. The number of hydrogen-bond donors (Lipinski definition) is 0. The summed E-state index contributed by atoms with van der Waals surface area (Å²) in [6.07, 6.45) is 2.52. The second kappa shape index (κ2) is 6.21. The lowest BCUT2D eigenvalue weighted by Gasteiger charge is -2.30. The standard InChI is InChI=1S/C12H24N2O2/c1-5-14-8-6-7-11(14)9-13(3)10(2)12(15)16-4/h10-11H,5-9H2,1-4H3. The first kappa shape index (κ1) is 13.5. The van der Waals surface area contributed by atoms with Crippen molar-refractivity contribution in [3.05, 3.63) is 0 Å². The van der Waals surface area contributed by atoms with E-state index in [4.69, 9.17) is 4.74 Å². The molecule has 1 fully saturated rings. The smallest absolute Gasteiger partial charge is 0.322 e. The molecular weight excluding hydrogens is 204 g/mol. The highest BCUT2D eigenvalue weighted by atomic mass is 16.5. The molecule has 1 saturated heterocycles. The quantitative estimate of drug-likeness (QED) is 0.656. The maximum Gasteiger partial charge on any atom is 0.322 e. The molecule has 0 aromatic heterocycles. The van der Waals surface area contributed by atoms with Crippen LogP contribution in [0.15, 0.2) is 0 Å². The zero-order valence-corrected chi connectivity index (χ0v) is 10.9. The molecule has 1 aliphatic heterocycles. The number of esters is 1. The Bertz CT molecular complexity index is 233. The van der Waals surface area contributed by atoms with Crippen molar-refractivity contribution in [3.8, 4) is 0 Å². The highest BCUT2D eigenvalue weighted by molar-refractivity contribution is 5.75. The van der Waals surface area contributed by atoms with Gasteiger partial charge in [-0.2, -0.15) is 0 Å². The second-order valence-electron chi connectivity index (χ2n) is 4.56. The van der Waals surface area contributed by atoms with E-state index in [9.17, 15) is 4.79 Å². The molecule has 2 atom stereocenters. The predicted octanol–water partition coefficient (Wildman–Crippen LogP) is 0.964. The van der Waals surface area contributed by atoms with Gasteiger partial charge in [-0.15, -0.1) is 0 Å². The van der Waals surface area contributed by atoms with Crippen LogP contribution in [0, 0.1) is 0 Å². The van der Waals surface area contributed by atoms with Gasteiger partial charge in [0.05, 0.1) is 7.11 Å². The predicted molar refractivity (Wildman–Crippen MR) is 64.4 cm³/mol. The van der Waals surface area contributed by atoms with Gasteiger partial charge in [0.15, 0.2) is 0 Å². The largest absolute Gasteiger partial charge is 0.468 e.